The van der Waals surface area contributed by atoms with E-state index in [2.05, 4.69) is 34.6 Å². The summed E-state index contributed by atoms with van der Waals surface area (Å²) in [5.74, 6) is 12.2. The molecule has 0 nitrogen and oxygen atoms in total. The standard InChI is InChI=1S/C12H20.C10H16.C8H14.C4H10.C2H6/c1-8(2)12-6-9-3-10(7-12)5-11(12)4-9;1-7-2-9-4-8(1)5-10(3-7)6-9;1-2-8-5-3-7(1)4-6-8;1-4(2)3;1-2/h8-11H,3-7H2,1-2H3;7-10H,1-6H2;7-8H,1-6H2;4H,1-3H3;1-2H3. The van der Waals surface area contributed by atoms with E-state index >= 15 is 0 Å². The van der Waals surface area contributed by atoms with Crippen molar-refractivity contribution >= 4 is 0 Å². The smallest absolute Gasteiger partial charge is 0.0241 e. The zero-order valence-electron chi connectivity index (χ0n) is 25.9. The topological polar surface area (TPSA) is 0 Å². The molecule has 0 heteroatoms. The van der Waals surface area contributed by atoms with E-state index < -0.39 is 0 Å². The molecule has 0 saturated heterocycles. The lowest BCUT2D eigenvalue weighted by Crippen LogP contribution is -2.38. The van der Waals surface area contributed by atoms with Crippen LogP contribution in [-0.2, 0) is 0 Å². The molecule has 0 aromatic heterocycles. The van der Waals surface area contributed by atoms with Gasteiger partial charge in [-0.1, -0.05) is 87.0 Å². The van der Waals surface area contributed by atoms with Crippen LogP contribution in [0, 0.1) is 70.5 Å². The molecule has 0 radical (unpaired) electrons. The number of hydrogen-bond donors (Lipinski definition) is 0. The second-order valence-corrected chi connectivity index (χ2v) is 16.0. The first kappa shape index (κ1) is 29.0. The van der Waals surface area contributed by atoms with Gasteiger partial charge in [0.05, 0.1) is 0 Å². The van der Waals surface area contributed by atoms with Gasteiger partial charge in [0.2, 0.25) is 0 Å². The first-order chi connectivity index (χ1) is 17.3. The van der Waals surface area contributed by atoms with Gasteiger partial charge in [-0.2, -0.15) is 0 Å². The maximum absolute atomic E-state index is 2.46. The summed E-state index contributed by atoms with van der Waals surface area (Å²) in [5.41, 5.74) is 0.827. The molecular weight excluding hydrogens is 432 g/mol. The summed E-state index contributed by atoms with van der Waals surface area (Å²) in [4.78, 5) is 0. The third-order valence-corrected chi connectivity index (χ3v) is 12.2. The monoisotopic (exact) mass is 499 g/mol. The lowest BCUT2D eigenvalue weighted by atomic mass is 9.56. The molecule has 2 atom stereocenters. The minimum Gasteiger partial charge on any atom is -0.0683 e. The van der Waals surface area contributed by atoms with Gasteiger partial charge in [0, 0.05) is 0 Å². The Morgan fingerprint density at radius 2 is 0.694 bits per heavy atom. The molecule has 11 saturated carbocycles. The van der Waals surface area contributed by atoms with E-state index in [4.69, 9.17) is 0 Å². The van der Waals surface area contributed by atoms with Crippen molar-refractivity contribution in [3.05, 3.63) is 0 Å². The molecule has 0 aliphatic heterocycles. The van der Waals surface area contributed by atoms with Gasteiger partial charge in [0.25, 0.3) is 0 Å². The van der Waals surface area contributed by atoms with Crippen molar-refractivity contribution in [1.82, 2.24) is 0 Å². The van der Waals surface area contributed by atoms with Crippen LogP contribution in [0.25, 0.3) is 0 Å². The summed E-state index contributed by atoms with van der Waals surface area (Å²) in [7, 11) is 0. The molecule has 0 aromatic rings. The highest BCUT2D eigenvalue weighted by Crippen LogP contribution is 2.68. The van der Waals surface area contributed by atoms with Gasteiger partial charge in [0.1, 0.15) is 0 Å². The summed E-state index contributed by atoms with van der Waals surface area (Å²) in [6.45, 7) is 15.4. The summed E-state index contributed by atoms with van der Waals surface area (Å²) < 4.78 is 0. The van der Waals surface area contributed by atoms with Crippen molar-refractivity contribution in [3.63, 3.8) is 0 Å². The third kappa shape index (κ3) is 6.95. The average molecular weight is 499 g/mol. The first-order valence-electron chi connectivity index (χ1n) is 17.3. The van der Waals surface area contributed by atoms with Crippen LogP contribution in [0.5, 0.6) is 0 Å². The Bertz CT molecular complexity index is 538. The number of hydrogen-bond acceptors (Lipinski definition) is 0. The van der Waals surface area contributed by atoms with Crippen LogP contribution in [0.3, 0.4) is 0 Å². The zero-order valence-corrected chi connectivity index (χ0v) is 25.9. The molecule has 0 N–H and O–H groups in total. The summed E-state index contributed by atoms with van der Waals surface area (Å²) >= 11 is 0. The number of rotatable bonds is 1. The highest BCUT2D eigenvalue weighted by Gasteiger charge is 2.58. The fourth-order valence-electron chi connectivity index (χ4n) is 11.1. The third-order valence-electron chi connectivity index (χ3n) is 12.2. The average Bonchev–Trinajstić information content (AvgIpc) is 3.26. The lowest BCUT2D eigenvalue weighted by Gasteiger charge is -2.49. The Kier molecular flexibility index (Phi) is 10.4. The number of fused-ring (bicyclic) bond motifs is 3. The minimum absolute atomic E-state index is 0.827. The van der Waals surface area contributed by atoms with Gasteiger partial charge in [0.15, 0.2) is 0 Å². The predicted octanol–water partition coefficient (Wildman–Crippen LogP) is 11.6. The Labute approximate surface area is 227 Å². The summed E-state index contributed by atoms with van der Waals surface area (Å²) in [6.07, 6.45) is 26.9. The first-order valence-corrected chi connectivity index (χ1v) is 17.3. The van der Waals surface area contributed by atoms with Crippen molar-refractivity contribution in [2.45, 2.75) is 158 Å². The molecule has 36 heavy (non-hydrogen) atoms. The van der Waals surface area contributed by atoms with Crippen molar-refractivity contribution < 1.29 is 0 Å². The van der Waals surface area contributed by atoms with Crippen LogP contribution in [0.1, 0.15) is 158 Å². The van der Waals surface area contributed by atoms with Gasteiger partial charge in [-0.3, -0.25) is 0 Å². The molecule has 10 bridgehead atoms. The van der Waals surface area contributed by atoms with Crippen LogP contribution in [-0.4, -0.2) is 0 Å². The van der Waals surface area contributed by atoms with Gasteiger partial charge < -0.3 is 0 Å². The van der Waals surface area contributed by atoms with Gasteiger partial charge in [-0.15, -0.1) is 0 Å². The van der Waals surface area contributed by atoms with Crippen molar-refractivity contribution in [3.8, 4) is 0 Å². The second kappa shape index (κ2) is 12.9. The fourth-order valence-corrected chi connectivity index (χ4v) is 11.1. The Balaban J connectivity index is 0.000000116. The zero-order chi connectivity index (χ0) is 25.9. The van der Waals surface area contributed by atoms with Crippen LogP contribution >= 0.6 is 0 Å². The Morgan fingerprint density at radius 1 is 0.417 bits per heavy atom. The Morgan fingerprint density at radius 3 is 0.917 bits per heavy atom. The van der Waals surface area contributed by atoms with Crippen LogP contribution < -0.4 is 0 Å². The molecule has 0 heterocycles. The SMILES string of the molecule is C1C2CC3CC1CC(C2)C3.C1CC2CCC1CC2.CC.CC(C)C.CC(C)C12CC3CC(CC1C3)C2. The normalized spacial score (nSPS) is 45.8. The van der Waals surface area contributed by atoms with Crippen LogP contribution in [0.4, 0.5) is 0 Å². The maximum atomic E-state index is 2.46. The highest BCUT2D eigenvalue weighted by molar-refractivity contribution is 5.08. The van der Waals surface area contributed by atoms with Crippen LogP contribution in [0.15, 0.2) is 0 Å². The van der Waals surface area contributed by atoms with E-state index in [0.717, 1.165) is 46.8 Å². The molecule has 210 valence electrons. The quantitative estimate of drug-likeness (QED) is 0.337. The van der Waals surface area contributed by atoms with E-state index in [1.54, 1.807) is 109 Å². The minimum atomic E-state index is 0.827. The maximum Gasteiger partial charge on any atom is -0.0241 e. The van der Waals surface area contributed by atoms with E-state index in [9.17, 15) is 0 Å². The van der Waals surface area contributed by atoms with Gasteiger partial charge in [-0.05, 0) is 141 Å². The highest BCUT2D eigenvalue weighted by atomic mass is 14.6. The van der Waals surface area contributed by atoms with Gasteiger partial charge in [-0.25, -0.2) is 0 Å². The van der Waals surface area contributed by atoms with E-state index in [-0.39, 0.29) is 0 Å². The van der Waals surface area contributed by atoms with Gasteiger partial charge >= 0.3 is 0 Å². The molecule has 0 aromatic carbocycles. The fraction of sp³-hybridized carbons (Fsp3) is 1.00. The van der Waals surface area contributed by atoms with E-state index in [1.165, 1.54) is 23.7 Å². The molecular formula is C36H66. The molecule has 0 spiro atoms. The molecule has 11 rings (SSSR count). The van der Waals surface area contributed by atoms with Crippen LogP contribution in [0.2, 0.25) is 0 Å². The predicted molar refractivity (Wildman–Crippen MR) is 159 cm³/mol. The largest absolute Gasteiger partial charge is 0.0683 e. The lowest BCUT2D eigenvalue weighted by molar-refractivity contribution is 0.0198. The van der Waals surface area contributed by atoms with Crippen molar-refractivity contribution in [1.29, 1.82) is 0 Å². The molecule has 11 aliphatic rings. The second-order valence-electron chi connectivity index (χ2n) is 16.0. The van der Waals surface area contributed by atoms with Crippen molar-refractivity contribution in [2.75, 3.05) is 0 Å². The molecule has 11 fully saturated rings. The molecule has 0 amide bonds. The van der Waals surface area contributed by atoms with Crippen molar-refractivity contribution in [2.24, 2.45) is 70.5 Å². The molecule has 11 aliphatic carbocycles. The van der Waals surface area contributed by atoms with E-state index in [0.29, 0.717) is 0 Å². The van der Waals surface area contributed by atoms with E-state index in [1.807, 2.05) is 13.8 Å². The molecule has 2 unspecified atom stereocenters. The summed E-state index contributed by atoms with van der Waals surface area (Å²) in [5, 5.41) is 0. The summed E-state index contributed by atoms with van der Waals surface area (Å²) in [6, 6.07) is 0. The Hall–Kier alpha value is 0.